The van der Waals surface area contributed by atoms with Crippen molar-refractivity contribution in [1.82, 2.24) is 15.5 Å². The lowest BCUT2D eigenvalue weighted by Gasteiger charge is -2.16. The summed E-state index contributed by atoms with van der Waals surface area (Å²) in [7, 11) is 2.05. The molecule has 0 aliphatic carbocycles. The minimum atomic E-state index is -4.32. The van der Waals surface area contributed by atoms with Crippen LogP contribution in [0.15, 0.2) is 54.6 Å². The summed E-state index contributed by atoms with van der Waals surface area (Å²) in [5, 5.41) is 5.59. The third-order valence-corrected chi connectivity index (χ3v) is 4.31. The number of carbonyl (C=O) groups excluding carboxylic acids is 1. The van der Waals surface area contributed by atoms with E-state index < -0.39 is 12.8 Å². The van der Waals surface area contributed by atoms with E-state index >= 15 is 0 Å². The lowest BCUT2D eigenvalue weighted by molar-refractivity contribution is -0.176. The molecule has 0 bridgehead atoms. The maximum Gasteiger partial charge on any atom is 0.411 e. The number of carbonyl (C=O) groups is 1. The number of hydrogen-bond acceptors (Lipinski definition) is 3. The van der Waals surface area contributed by atoms with E-state index in [-0.39, 0.29) is 12.6 Å². The molecule has 164 valence electrons. The highest BCUT2D eigenvalue weighted by atomic mass is 19.4. The highest BCUT2D eigenvalue weighted by Gasteiger charge is 2.27. The third kappa shape index (κ3) is 10.3. The molecule has 0 saturated heterocycles. The van der Waals surface area contributed by atoms with Crippen LogP contribution in [-0.2, 0) is 24.4 Å². The Hall–Kier alpha value is -2.58. The highest BCUT2D eigenvalue weighted by Crippen LogP contribution is 2.15. The van der Waals surface area contributed by atoms with Gasteiger partial charge in [0.05, 0.1) is 6.61 Å². The Balaban J connectivity index is 1.57. The lowest BCUT2D eigenvalue weighted by atomic mass is 10.1. The van der Waals surface area contributed by atoms with Crippen molar-refractivity contribution in [3.63, 3.8) is 0 Å². The smallest absolute Gasteiger partial charge is 0.367 e. The molecule has 30 heavy (non-hydrogen) atoms. The standard InChI is InChI=1S/C22H28F3N3O2/c1-28(15-19-6-3-2-4-7-19)13-5-12-26-21(29)27-14-18-8-10-20(11-9-18)16-30-17-22(23,24)25/h2-4,6-11H,5,12-17H2,1H3,(H2,26,27,29). The van der Waals surface area contributed by atoms with Gasteiger partial charge in [-0.3, -0.25) is 0 Å². The zero-order valence-electron chi connectivity index (χ0n) is 17.0. The molecular weight excluding hydrogens is 395 g/mol. The van der Waals surface area contributed by atoms with Crippen molar-refractivity contribution in [2.24, 2.45) is 0 Å². The Kier molecular flexibility index (Phi) is 9.63. The Bertz CT molecular complexity index is 752. The molecule has 0 unspecified atom stereocenters. The Labute approximate surface area is 175 Å². The predicted molar refractivity (Wildman–Crippen MR) is 110 cm³/mol. The van der Waals surface area contributed by atoms with E-state index in [4.69, 9.17) is 0 Å². The summed E-state index contributed by atoms with van der Waals surface area (Å²) in [6, 6.07) is 16.8. The van der Waals surface area contributed by atoms with Crippen LogP contribution >= 0.6 is 0 Å². The molecule has 2 rings (SSSR count). The van der Waals surface area contributed by atoms with Gasteiger partial charge in [-0.2, -0.15) is 13.2 Å². The van der Waals surface area contributed by atoms with Crippen molar-refractivity contribution in [2.75, 3.05) is 26.7 Å². The number of amides is 2. The van der Waals surface area contributed by atoms with Crippen LogP contribution in [0.5, 0.6) is 0 Å². The number of hydrogen-bond donors (Lipinski definition) is 2. The summed E-state index contributed by atoms with van der Waals surface area (Å²) in [6.07, 6.45) is -3.49. The largest absolute Gasteiger partial charge is 0.411 e. The van der Waals surface area contributed by atoms with Gasteiger partial charge in [0.15, 0.2) is 0 Å². The molecule has 0 spiro atoms. The highest BCUT2D eigenvalue weighted by molar-refractivity contribution is 5.73. The predicted octanol–water partition coefficient (Wildman–Crippen LogP) is 4.09. The van der Waals surface area contributed by atoms with E-state index in [0.717, 1.165) is 25.1 Å². The van der Waals surface area contributed by atoms with E-state index in [2.05, 4.69) is 32.4 Å². The molecule has 5 nitrogen and oxygen atoms in total. The number of nitrogens with zero attached hydrogens (tertiary/aromatic N) is 1. The minimum absolute atomic E-state index is 0.105. The van der Waals surface area contributed by atoms with Crippen molar-refractivity contribution in [3.8, 4) is 0 Å². The molecule has 0 saturated carbocycles. The first kappa shape index (κ1) is 23.7. The number of alkyl halides is 3. The fourth-order valence-corrected chi connectivity index (χ4v) is 2.81. The quantitative estimate of drug-likeness (QED) is 0.536. The van der Waals surface area contributed by atoms with Gasteiger partial charge >= 0.3 is 12.2 Å². The third-order valence-electron chi connectivity index (χ3n) is 4.31. The monoisotopic (exact) mass is 423 g/mol. The van der Waals surface area contributed by atoms with E-state index in [1.54, 1.807) is 24.3 Å². The van der Waals surface area contributed by atoms with E-state index in [0.29, 0.717) is 18.7 Å². The average Bonchev–Trinajstić information content (AvgIpc) is 2.70. The first-order valence-corrected chi connectivity index (χ1v) is 9.78. The molecule has 0 atom stereocenters. The van der Waals surface area contributed by atoms with Crippen molar-refractivity contribution in [1.29, 1.82) is 0 Å². The summed E-state index contributed by atoms with van der Waals surface area (Å²) in [5.74, 6) is 0. The van der Waals surface area contributed by atoms with Crippen LogP contribution in [0, 0.1) is 0 Å². The molecule has 2 N–H and O–H groups in total. The fourth-order valence-electron chi connectivity index (χ4n) is 2.81. The van der Waals surface area contributed by atoms with E-state index in [9.17, 15) is 18.0 Å². The van der Waals surface area contributed by atoms with Crippen LogP contribution < -0.4 is 10.6 Å². The molecule has 2 amide bonds. The number of halogens is 3. The number of ether oxygens (including phenoxy) is 1. The molecular formula is C22H28F3N3O2. The van der Waals surface area contributed by atoms with Crippen LogP contribution in [0.2, 0.25) is 0 Å². The van der Waals surface area contributed by atoms with Gasteiger partial charge in [0.1, 0.15) is 6.61 Å². The van der Waals surface area contributed by atoms with Gasteiger partial charge in [0, 0.05) is 19.6 Å². The molecule has 0 aliphatic rings. The van der Waals surface area contributed by atoms with Gasteiger partial charge in [-0.1, -0.05) is 54.6 Å². The molecule has 0 heterocycles. The Morgan fingerprint density at radius 2 is 1.63 bits per heavy atom. The van der Waals surface area contributed by atoms with Gasteiger partial charge in [-0.25, -0.2) is 4.79 Å². The molecule has 0 radical (unpaired) electrons. The zero-order chi connectivity index (χ0) is 21.8. The summed E-state index contributed by atoms with van der Waals surface area (Å²) in [6.45, 7) is 1.27. The lowest BCUT2D eigenvalue weighted by Crippen LogP contribution is -2.36. The second-order valence-electron chi connectivity index (χ2n) is 7.11. The summed E-state index contributed by atoms with van der Waals surface area (Å²) >= 11 is 0. The minimum Gasteiger partial charge on any atom is -0.367 e. The first-order valence-electron chi connectivity index (χ1n) is 9.78. The molecule has 2 aromatic carbocycles. The average molecular weight is 423 g/mol. The summed E-state index contributed by atoms with van der Waals surface area (Å²) in [5.41, 5.74) is 2.75. The van der Waals surface area contributed by atoms with Crippen molar-refractivity contribution in [2.45, 2.75) is 32.3 Å². The number of urea groups is 1. The topological polar surface area (TPSA) is 53.6 Å². The van der Waals surface area contributed by atoms with Gasteiger partial charge < -0.3 is 20.3 Å². The maximum atomic E-state index is 12.1. The number of benzene rings is 2. The van der Waals surface area contributed by atoms with Gasteiger partial charge in [-0.05, 0) is 36.7 Å². The molecule has 0 aliphatic heterocycles. The normalized spacial score (nSPS) is 11.5. The molecule has 8 heteroatoms. The molecule has 0 fully saturated rings. The molecule has 0 aromatic heterocycles. The molecule has 2 aromatic rings. The number of rotatable bonds is 11. The first-order chi connectivity index (χ1) is 14.3. The van der Waals surface area contributed by atoms with E-state index in [1.807, 2.05) is 25.2 Å². The van der Waals surface area contributed by atoms with Crippen molar-refractivity contribution in [3.05, 3.63) is 71.3 Å². The summed E-state index contributed by atoms with van der Waals surface area (Å²) in [4.78, 5) is 14.1. The summed E-state index contributed by atoms with van der Waals surface area (Å²) < 4.78 is 40.8. The zero-order valence-corrected chi connectivity index (χ0v) is 17.0. The fraction of sp³-hybridized carbons (Fsp3) is 0.409. The van der Waals surface area contributed by atoms with Gasteiger partial charge in [0.25, 0.3) is 0 Å². The SMILES string of the molecule is CN(CCCNC(=O)NCc1ccc(COCC(F)(F)F)cc1)Cc1ccccc1. The van der Waals surface area contributed by atoms with E-state index in [1.165, 1.54) is 5.56 Å². The Morgan fingerprint density at radius 3 is 2.30 bits per heavy atom. The van der Waals surface area contributed by atoms with Crippen LogP contribution in [-0.4, -0.2) is 43.9 Å². The van der Waals surface area contributed by atoms with Gasteiger partial charge in [0.2, 0.25) is 0 Å². The van der Waals surface area contributed by atoms with Crippen LogP contribution in [0.4, 0.5) is 18.0 Å². The second-order valence-corrected chi connectivity index (χ2v) is 7.11. The second kappa shape index (κ2) is 12.2. The van der Waals surface area contributed by atoms with Crippen LogP contribution in [0.3, 0.4) is 0 Å². The van der Waals surface area contributed by atoms with Crippen molar-refractivity contribution >= 4 is 6.03 Å². The van der Waals surface area contributed by atoms with Crippen molar-refractivity contribution < 1.29 is 22.7 Å². The van der Waals surface area contributed by atoms with Crippen LogP contribution in [0.25, 0.3) is 0 Å². The van der Waals surface area contributed by atoms with Gasteiger partial charge in [-0.15, -0.1) is 0 Å². The number of nitrogens with one attached hydrogen (secondary N) is 2. The van der Waals surface area contributed by atoms with Crippen LogP contribution in [0.1, 0.15) is 23.1 Å². The maximum absolute atomic E-state index is 12.1. The Morgan fingerprint density at radius 1 is 0.967 bits per heavy atom.